The predicted octanol–water partition coefficient (Wildman–Crippen LogP) is 5.51. The number of para-hydroxylation sites is 1. The van der Waals surface area contributed by atoms with E-state index in [1.54, 1.807) is 0 Å². The fourth-order valence-electron chi connectivity index (χ4n) is 4.73. The number of benzene rings is 3. The van der Waals surface area contributed by atoms with Crippen molar-refractivity contribution in [1.29, 1.82) is 0 Å². The molecular formula is C27H27N3O3. The van der Waals surface area contributed by atoms with Crippen LogP contribution in [0.1, 0.15) is 40.4 Å². The molecule has 1 aromatic heterocycles. The van der Waals surface area contributed by atoms with E-state index in [-0.39, 0.29) is 12.3 Å². The molecule has 6 heteroatoms. The summed E-state index contributed by atoms with van der Waals surface area (Å²) in [6.45, 7) is 7.38. The maximum absolute atomic E-state index is 11.1. The van der Waals surface area contributed by atoms with Crippen molar-refractivity contribution in [1.82, 2.24) is 9.55 Å². The highest BCUT2D eigenvalue weighted by Gasteiger charge is 2.26. The van der Waals surface area contributed by atoms with Gasteiger partial charge < -0.3 is 15.2 Å². The van der Waals surface area contributed by atoms with Crippen molar-refractivity contribution in [3.63, 3.8) is 0 Å². The van der Waals surface area contributed by atoms with Crippen molar-refractivity contribution < 1.29 is 14.6 Å². The van der Waals surface area contributed by atoms with Crippen molar-refractivity contribution >= 4 is 22.7 Å². The first-order valence-electron chi connectivity index (χ1n) is 11.2. The molecule has 0 aliphatic carbocycles. The second-order valence-electron chi connectivity index (χ2n) is 8.71. The zero-order chi connectivity index (χ0) is 23.1. The monoisotopic (exact) mass is 441 g/mol. The van der Waals surface area contributed by atoms with Crippen molar-refractivity contribution in [3.05, 3.63) is 82.7 Å². The highest BCUT2D eigenvalue weighted by molar-refractivity contribution is 5.81. The summed E-state index contributed by atoms with van der Waals surface area (Å²) in [6.07, 6.45) is 0.0909. The van der Waals surface area contributed by atoms with E-state index >= 15 is 0 Å². The minimum absolute atomic E-state index is 0.0812. The van der Waals surface area contributed by atoms with E-state index in [1.165, 1.54) is 16.7 Å². The third kappa shape index (κ3) is 3.82. The first-order valence-corrected chi connectivity index (χ1v) is 11.2. The Morgan fingerprint density at radius 1 is 1.15 bits per heavy atom. The lowest BCUT2D eigenvalue weighted by Gasteiger charge is -2.16. The number of hydrogen-bond acceptors (Lipinski definition) is 4. The van der Waals surface area contributed by atoms with Crippen LogP contribution in [0.25, 0.3) is 16.7 Å². The van der Waals surface area contributed by atoms with Crippen LogP contribution in [0.2, 0.25) is 0 Å². The van der Waals surface area contributed by atoms with Crippen molar-refractivity contribution in [2.45, 2.75) is 39.7 Å². The number of nitrogens with zero attached hydrogens (tertiary/aromatic N) is 2. The molecule has 2 heterocycles. The van der Waals surface area contributed by atoms with Crippen molar-refractivity contribution in [3.8, 4) is 11.4 Å². The summed E-state index contributed by atoms with van der Waals surface area (Å²) in [7, 11) is 0. The van der Waals surface area contributed by atoms with Crippen LogP contribution in [0.3, 0.4) is 0 Å². The average molecular weight is 442 g/mol. The summed E-state index contributed by atoms with van der Waals surface area (Å²) < 4.78 is 7.98. The summed E-state index contributed by atoms with van der Waals surface area (Å²) in [5, 5.41) is 12.6. The number of nitrogens with one attached hydrogen (secondary N) is 1. The fraction of sp³-hybridized carbons (Fsp3) is 0.259. The maximum atomic E-state index is 11.1. The van der Waals surface area contributed by atoms with E-state index in [0.717, 1.165) is 39.5 Å². The van der Waals surface area contributed by atoms with E-state index in [4.69, 9.17) is 14.8 Å². The van der Waals surface area contributed by atoms with Gasteiger partial charge in [-0.25, -0.2) is 4.98 Å². The van der Waals surface area contributed by atoms with Crippen LogP contribution in [-0.2, 0) is 11.3 Å². The number of hydrogen-bond donors (Lipinski definition) is 2. The second-order valence-corrected chi connectivity index (χ2v) is 8.71. The molecule has 0 radical (unpaired) electrons. The van der Waals surface area contributed by atoms with Gasteiger partial charge in [-0.3, -0.25) is 9.36 Å². The molecule has 0 saturated carbocycles. The molecule has 1 aliphatic rings. The second kappa shape index (κ2) is 8.28. The fourth-order valence-corrected chi connectivity index (χ4v) is 4.73. The normalized spacial score (nSPS) is 14.8. The van der Waals surface area contributed by atoms with Crippen LogP contribution in [0.4, 0.5) is 5.69 Å². The molecule has 2 N–H and O–H groups in total. The number of anilines is 1. The third-order valence-corrected chi connectivity index (χ3v) is 6.51. The number of fused-ring (bicyclic) bond motifs is 2. The molecule has 0 amide bonds. The van der Waals surface area contributed by atoms with E-state index in [1.807, 2.05) is 25.1 Å². The van der Waals surface area contributed by atoms with E-state index in [2.05, 4.69) is 60.1 Å². The molecule has 1 atom stereocenters. The number of carboxylic acids is 1. The molecule has 5 rings (SSSR count). The quantitative estimate of drug-likeness (QED) is 0.412. The number of ether oxygens (including phenoxy) is 1. The molecular weight excluding hydrogens is 414 g/mol. The molecule has 168 valence electrons. The molecule has 6 nitrogen and oxygen atoms in total. The Labute approximate surface area is 192 Å². The zero-order valence-corrected chi connectivity index (χ0v) is 19.1. The molecule has 0 spiro atoms. The summed E-state index contributed by atoms with van der Waals surface area (Å²) in [6, 6.07) is 18.6. The van der Waals surface area contributed by atoms with Gasteiger partial charge in [0, 0.05) is 29.8 Å². The Hall–Kier alpha value is -3.80. The zero-order valence-electron chi connectivity index (χ0n) is 19.1. The molecule has 0 unspecified atom stereocenters. The molecule has 0 fully saturated rings. The standard InChI is InChI=1S/C27H27N3O3/c1-16-6-4-9-24-27(16)29-18(3)30(24)23-8-5-7-19(17(23)2)14-28-21-10-11-22-20(12-26(31)32)15-33-25(22)13-21/h4-11,13,20,28H,12,14-15H2,1-3H3,(H,31,32)/t20-/m1/s1. The van der Waals surface area contributed by atoms with Crippen LogP contribution < -0.4 is 10.1 Å². The van der Waals surface area contributed by atoms with Gasteiger partial charge in [0.1, 0.15) is 11.6 Å². The van der Waals surface area contributed by atoms with E-state index in [9.17, 15) is 4.79 Å². The molecule has 0 bridgehead atoms. The average Bonchev–Trinajstić information content (AvgIpc) is 3.33. The summed E-state index contributed by atoms with van der Waals surface area (Å²) >= 11 is 0. The summed E-state index contributed by atoms with van der Waals surface area (Å²) in [5.74, 6) is 0.860. The van der Waals surface area contributed by atoms with Crippen molar-refractivity contribution in [2.75, 3.05) is 11.9 Å². The van der Waals surface area contributed by atoms with Gasteiger partial charge in [-0.2, -0.15) is 0 Å². The van der Waals surface area contributed by atoms with Gasteiger partial charge in [0.25, 0.3) is 0 Å². The topological polar surface area (TPSA) is 76.4 Å². The molecule has 0 saturated heterocycles. The predicted molar refractivity (Wildman–Crippen MR) is 130 cm³/mol. The Kier molecular flexibility index (Phi) is 5.29. The number of carboxylic acid groups (broad SMARTS) is 1. The highest BCUT2D eigenvalue weighted by atomic mass is 16.5. The lowest BCUT2D eigenvalue weighted by Crippen LogP contribution is -2.07. The minimum atomic E-state index is -0.801. The van der Waals surface area contributed by atoms with Gasteiger partial charge in [0.05, 0.1) is 29.7 Å². The van der Waals surface area contributed by atoms with Crippen LogP contribution in [0.5, 0.6) is 5.75 Å². The summed E-state index contributed by atoms with van der Waals surface area (Å²) in [5.41, 5.74) is 8.79. The Morgan fingerprint density at radius 3 is 2.79 bits per heavy atom. The van der Waals surface area contributed by atoms with Gasteiger partial charge in [-0.15, -0.1) is 0 Å². The molecule has 1 aliphatic heterocycles. The van der Waals surface area contributed by atoms with Gasteiger partial charge in [-0.1, -0.05) is 30.3 Å². The number of aryl methyl sites for hydroxylation is 2. The van der Waals surface area contributed by atoms with Crippen LogP contribution in [0, 0.1) is 20.8 Å². The number of carbonyl (C=O) groups is 1. The molecule has 3 aromatic carbocycles. The Bertz CT molecular complexity index is 1370. The van der Waals surface area contributed by atoms with Crippen LogP contribution >= 0.6 is 0 Å². The smallest absolute Gasteiger partial charge is 0.304 e. The van der Waals surface area contributed by atoms with Crippen LogP contribution in [-0.4, -0.2) is 27.2 Å². The lowest BCUT2D eigenvalue weighted by molar-refractivity contribution is -0.137. The minimum Gasteiger partial charge on any atom is -0.493 e. The van der Waals surface area contributed by atoms with Gasteiger partial charge in [0.15, 0.2) is 0 Å². The SMILES string of the molecule is Cc1c(CNc2ccc3c(c2)OC[C@H]3CC(=O)O)cccc1-n1c(C)nc2c(C)cccc21. The maximum Gasteiger partial charge on any atom is 0.304 e. The number of aromatic nitrogens is 2. The van der Waals surface area contributed by atoms with Gasteiger partial charge >= 0.3 is 5.97 Å². The summed E-state index contributed by atoms with van der Waals surface area (Å²) in [4.78, 5) is 15.9. The van der Waals surface area contributed by atoms with Crippen molar-refractivity contribution in [2.24, 2.45) is 0 Å². The first kappa shape index (κ1) is 21.1. The van der Waals surface area contributed by atoms with Gasteiger partial charge in [-0.05, 0) is 55.7 Å². The van der Waals surface area contributed by atoms with Gasteiger partial charge in [0.2, 0.25) is 0 Å². The van der Waals surface area contributed by atoms with E-state index < -0.39 is 5.97 Å². The largest absolute Gasteiger partial charge is 0.493 e. The Morgan fingerprint density at radius 2 is 1.97 bits per heavy atom. The number of imidazole rings is 1. The lowest BCUT2D eigenvalue weighted by atomic mass is 9.98. The highest BCUT2D eigenvalue weighted by Crippen LogP contribution is 2.38. The van der Waals surface area contributed by atoms with E-state index in [0.29, 0.717) is 13.2 Å². The molecule has 4 aromatic rings. The Balaban J connectivity index is 1.40. The van der Waals surface area contributed by atoms with Crippen LogP contribution in [0.15, 0.2) is 54.6 Å². The number of aliphatic carboxylic acids is 1. The first-order chi connectivity index (χ1) is 15.9. The number of rotatable bonds is 6. The molecule has 33 heavy (non-hydrogen) atoms. The third-order valence-electron chi connectivity index (χ3n) is 6.51.